The van der Waals surface area contributed by atoms with Crippen LogP contribution >= 0.6 is 11.6 Å². The van der Waals surface area contributed by atoms with Crippen LogP contribution in [0.25, 0.3) is 0 Å². The Morgan fingerprint density at radius 2 is 2.27 bits per heavy atom. The van der Waals surface area contributed by atoms with Gasteiger partial charge in [0.25, 0.3) is 0 Å². The molecule has 0 radical (unpaired) electrons. The lowest BCUT2D eigenvalue weighted by Crippen LogP contribution is -2.50. The molecule has 0 amide bonds. The number of morpholine rings is 1. The lowest BCUT2D eigenvalue weighted by molar-refractivity contribution is -0.0536. The molecule has 4 nitrogen and oxygen atoms in total. The predicted molar refractivity (Wildman–Crippen MR) is 84.5 cm³/mol. The van der Waals surface area contributed by atoms with Gasteiger partial charge in [0.1, 0.15) is 0 Å². The van der Waals surface area contributed by atoms with Gasteiger partial charge in [0.2, 0.25) is 0 Å². The minimum atomic E-state index is -0.227. The van der Waals surface area contributed by atoms with Crippen LogP contribution in [0.5, 0.6) is 0 Å². The van der Waals surface area contributed by atoms with E-state index in [4.69, 9.17) is 16.3 Å². The van der Waals surface area contributed by atoms with Crippen molar-refractivity contribution in [3.63, 3.8) is 0 Å². The Hall–Kier alpha value is -1.12. The third kappa shape index (κ3) is 3.28. The van der Waals surface area contributed by atoms with Crippen molar-refractivity contribution in [1.82, 2.24) is 4.90 Å². The van der Waals surface area contributed by atoms with Crippen LogP contribution in [-0.2, 0) is 11.3 Å². The largest absolute Gasteiger partial charge is 0.393 e. The average molecular weight is 321 g/mol. The molecule has 5 heteroatoms. The highest BCUT2D eigenvalue weighted by molar-refractivity contribution is 6.30. The first-order valence-corrected chi connectivity index (χ1v) is 8.25. The summed E-state index contributed by atoms with van der Waals surface area (Å²) in [7, 11) is 0. The number of nitriles is 1. The van der Waals surface area contributed by atoms with Gasteiger partial charge in [-0.2, -0.15) is 5.26 Å². The molecule has 1 aliphatic heterocycles. The summed E-state index contributed by atoms with van der Waals surface area (Å²) in [5.41, 5.74) is 1.62. The zero-order chi connectivity index (χ0) is 15.5. The van der Waals surface area contributed by atoms with Crippen molar-refractivity contribution >= 4 is 11.6 Å². The standard InChI is InChI=1S/C17H21ClN2O2/c18-14-5-4-12(13(8-14)9-19)10-20-6-7-22-11-16(20)15-2-1-3-17(15)21/h4-5,8,15-17,21H,1-3,6-7,10-11H2/t15-,16-,17+/m1/s1. The molecule has 22 heavy (non-hydrogen) atoms. The molecule has 1 saturated heterocycles. The third-order valence-corrected chi connectivity index (χ3v) is 5.11. The Balaban J connectivity index is 1.78. The molecule has 118 valence electrons. The molecule has 3 rings (SSSR count). The number of benzene rings is 1. The molecule has 3 atom stereocenters. The lowest BCUT2D eigenvalue weighted by atomic mass is 9.93. The zero-order valence-corrected chi connectivity index (χ0v) is 13.3. The zero-order valence-electron chi connectivity index (χ0n) is 12.5. The van der Waals surface area contributed by atoms with Gasteiger partial charge in [-0.05, 0) is 30.5 Å². The van der Waals surface area contributed by atoms with Gasteiger partial charge in [0.15, 0.2) is 0 Å². The van der Waals surface area contributed by atoms with E-state index < -0.39 is 0 Å². The maximum atomic E-state index is 10.2. The topological polar surface area (TPSA) is 56.5 Å². The Morgan fingerprint density at radius 3 is 3.00 bits per heavy atom. The van der Waals surface area contributed by atoms with Crippen molar-refractivity contribution < 1.29 is 9.84 Å². The summed E-state index contributed by atoms with van der Waals surface area (Å²) < 4.78 is 5.65. The predicted octanol–water partition coefficient (Wildman–Crippen LogP) is 2.57. The van der Waals surface area contributed by atoms with Crippen LogP contribution in [0.3, 0.4) is 0 Å². The molecule has 1 heterocycles. The van der Waals surface area contributed by atoms with Crippen molar-refractivity contribution in [2.75, 3.05) is 19.8 Å². The van der Waals surface area contributed by atoms with Crippen LogP contribution in [0.1, 0.15) is 30.4 Å². The molecule has 1 aliphatic carbocycles. The number of nitrogens with zero attached hydrogens (tertiary/aromatic N) is 2. The van der Waals surface area contributed by atoms with Gasteiger partial charge in [0, 0.05) is 30.1 Å². The van der Waals surface area contributed by atoms with Crippen molar-refractivity contribution in [3.8, 4) is 6.07 Å². The molecule has 0 bridgehead atoms. The molecule has 0 spiro atoms. The minimum Gasteiger partial charge on any atom is -0.393 e. The lowest BCUT2D eigenvalue weighted by Gasteiger charge is -2.40. The molecule has 2 aliphatic rings. The summed E-state index contributed by atoms with van der Waals surface area (Å²) in [6.45, 7) is 2.91. The normalized spacial score (nSPS) is 29.4. The summed E-state index contributed by atoms with van der Waals surface area (Å²) in [5, 5.41) is 20.1. The first kappa shape index (κ1) is 15.8. The van der Waals surface area contributed by atoms with Gasteiger partial charge >= 0.3 is 0 Å². The van der Waals surface area contributed by atoms with Crippen LogP contribution in [0.4, 0.5) is 0 Å². The van der Waals surface area contributed by atoms with E-state index in [1.54, 1.807) is 6.07 Å². The molecule has 0 aromatic heterocycles. The van der Waals surface area contributed by atoms with Gasteiger partial charge < -0.3 is 9.84 Å². The summed E-state index contributed by atoms with van der Waals surface area (Å²) >= 11 is 5.97. The van der Waals surface area contributed by atoms with Gasteiger partial charge in [0.05, 0.1) is 31.0 Å². The number of hydrogen-bond donors (Lipinski definition) is 1. The Kier molecular flexibility index (Phi) is 5.00. The van der Waals surface area contributed by atoms with Crippen molar-refractivity contribution in [2.45, 2.75) is 38.0 Å². The highest BCUT2D eigenvalue weighted by Crippen LogP contribution is 2.33. The quantitative estimate of drug-likeness (QED) is 0.930. The van der Waals surface area contributed by atoms with E-state index in [1.165, 1.54) is 0 Å². The average Bonchev–Trinajstić information content (AvgIpc) is 2.95. The number of halogens is 1. The summed E-state index contributed by atoms with van der Waals surface area (Å²) in [5.74, 6) is 0.276. The van der Waals surface area contributed by atoms with Gasteiger partial charge in [-0.3, -0.25) is 4.90 Å². The van der Waals surface area contributed by atoms with E-state index in [0.717, 1.165) is 31.4 Å². The molecule has 1 aromatic rings. The number of ether oxygens (including phenoxy) is 1. The number of rotatable bonds is 3. The van der Waals surface area contributed by atoms with Crippen LogP contribution < -0.4 is 0 Å². The second-order valence-electron chi connectivity index (χ2n) is 6.19. The summed E-state index contributed by atoms with van der Waals surface area (Å²) in [6.07, 6.45) is 2.80. The molecule has 1 aromatic carbocycles. The monoisotopic (exact) mass is 320 g/mol. The fourth-order valence-electron chi connectivity index (χ4n) is 3.68. The highest BCUT2D eigenvalue weighted by atomic mass is 35.5. The van der Waals surface area contributed by atoms with E-state index >= 15 is 0 Å². The molecule has 1 saturated carbocycles. The fraction of sp³-hybridized carbons (Fsp3) is 0.588. The van der Waals surface area contributed by atoms with Crippen LogP contribution in [0.15, 0.2) is 18.2 Å². The van der Waals surface area contributed by atoms with Gasteiger partial charge in [-0.1, -0.05) is 24.1 Å². The fourth-order valence-corrected chi connectivity index (χ4v) is 3.85. The molecule has 0 unspecified atom stereocenters. The van der Waals surface area contributed by atoms with E-state index in [9.17, 15) is 10.4 Å². The molecular weight excluding hydrogens is 300 g/mol. The van der Waals surface area contributed by atoms with Crippen molar-refractivity contribution in [2.24, 2.45) is 5.92 Å². The molecule has 1 N–H and O–H groups in total. The smallest absolute Gasteiger partial charge is 0.0995 e. The first-order valence-electron chi connectivity index (χ1n) is 7.87. The van der Waals surface area contributed by atoms with Gasteiger partial charge in [-0.25, -0.2) is 0 Å². The Labute approximate surface area is 136 Å². The Morgan fingerprint density at radius 1 is 1.41 bits per heavy atom. The van der Waals surface area contributed by atoms with Gasteiger partial charge in [-0.15, -0.1) is 0 Å². The SMILES string of the molecule is N#Cc1cc(Cl)ccc1CN1CCOC[C@@H]1[C@H]1CCC[C@@H]1O. The van der Waals surface area contributed by atoms with E-state index in [2.05, 4.69) is 11.0 Å². The summed E-state index contributed by atoms with van der Waals surface area (Å²) in [6, 6.07) is 7.94. The number of hydrogen-bond acceptors (Lipinski definition) is 4. The third-order valence-electron chi connectivity index (χ3n) is 4.87. The second-order valence-corrected chi connectivity index (χ2v) is 6.62. The second kappa shape index (κ2) is 6.97. The van der Waals surface area contributed by atoms with Crippen molar-refractivity contribution in [3.05, 3.63) is 34.3 Å². The number of aliphatic hydroxyl groups is 1. The summed E-state index contributed by atoms with van der Waals surface area (Å²) in [4.78, 5) is 2.35. The van der Waals surface area contributed by atoms with E-state index in [1.807, 2.05) is 12.1 Å². The van der Waals surface area contributed by atoms with E-state index in [-0.39, 0.29) is 18.1 Å². The van der Waals surface area contributed by atoms with E-state index in [0.29, 0.717) is 30.3 Å². The molecular formula is C17H21ClN2O2. The van der Waals surface area contributed by atoms with Crippen LogP contribution in [-0.4, -0.2) is 41.9 Å². The Bertz CT molecular complexity index is 572. The minimum absolute atomic E-state index is 0.227. The molecule has 2 fully saturated rings. The number of aliphatic hydroxyl groups excluding tert-OH is 1. The maximum absolute atomic E-state index is 10.2. The van der Waals surface area contributed by atoms with Crippen molar-refractivity contribution in [1.29, 1.82) is 5.26 Å². The van der Waals surface area contributed by atoms with Crippen LogP contribution in [0, 0.1) is 17.2 Å². The van der Waals surface area contributed by atoms with Crippen LogP contribution in [0.2, 0.25) is 5.02 Å². The highest BCUT2D eigenvalue weighted by Gasteiger charge is 2.37. The maximum Gasteiger partial charge on any atom is 0.0995 e. The first-order chi connectivity index (χ1) is 10.7.